The maximum Gasteiger partial charge on any atom is 0.301 e. The molecule has 0 saturated heterocycles. The minimum atomic E-state index is -3.68. The van der Waals surface area contributed by atoms with Gasteiger partial charge in [0.1, 0.15) is 0 Å². The van der Waals surface area contributed by atoms with Gasteiger partial charge in [-0.15, -0.1) is 6.58 Å². The van der Waals surface area contributed by atoms with Crippen molar-refractivity contribution in [3.05, 3.63) is 77.4 Å². The van der Waals surface area contributed by atoms with Crippen LogP contribution in [0.3, 0.4) is 0 Å². The molecule has 0 heterocycles. The molecule has 0 spiro atoms. The summed E-state index contributed by atoms with van der Waals surface area (Å²) in [5.74, 6) is 0. The van der Waals surface area contributed by atoms with Gasteiger partial charge >= 0.3 is 7.37 Å². The fraction of sp³-hybridized carbons (Fsp3) is 0.211. The third kappa shape index (κ3) is 3.52. The van der Waals surface area contributed by atoms with Crippen LogP contribution in [0.4, 0.5) is 0 Å². The van der Waals surface area contributed by atoms with Crippen LogP contribution in [0.2, 0.25) is 0 Å². The van der Waals surface area contributed by atoms with Crippen LogP contribution >= 0.6 is 7.37 Å². The number of aryl methyl sites for hydroxylation is 3. The third-order valence-corrected chi connectivity index (χ3v) is 5.88. The summed E-state index contributed by atoms with van der Waals surface area (Å²) in [5.41, 5.74) is 2.71. The van der Waals surface area contributed by atoms with E-state index in [4.69, 9.17) is 4.52 Å². The number of hydrogen-bond acceptors (Lipinski definition) is 3. The average Bonchev–Trinajstić information content (AvgIpc) is 2.52. The van der Waals surface area contributed by atoms with Crippen LogP contribution in [0.15, 0.2) is 55.1 Å². The Hall–Kier alpha value is -1.96. The lowest BCUT2D eigenvalue weighted by molar-refractivity contribution is 0.105. The van der Waals surface area contributed by atoms with Crippen molar-refractivity contribution in [1.82, 2.24) is 0 Å². The summed E-state index contributed by atoms with van der Waals surface area (Å²) in [6.07, 6.45) is 1.50. The van der Waals surface area contributed by atoms with Gasteiger partial charge in [-0.25, -0.2) is 0 Å². The molecule has 0 aliphatic heterocycles. The van der Waals surface area contributed by atoms with Crippen molar-refractivity contribution in [1.29, 1.82) is 0 Å². The maximum atomic E-state index is 13.4. The topological polar surface area (TPSA) is 43.4 Å². The van der Waals surface area contributed by atoms with Crippen molar-refractivity contribution in [2.24, 2.45) is 0 Å². The van der Waals surface area contributed by atoms with Gasteiger partial charge in [-0.3, -0.25) is 9.36 Å². The zero-order valence-corrected chi connectivity index (χ0v) is 14.6. The zero-order valence-electron chi connectivity index (χ0n) is 13.7. The van der Waals surface area contributed by atoms with Crippen molar-refractivity contribution in [3.8, 4) is 0 Å². The van der Waals surface area contributed by atoms with Gasteiger partial charge < -0.3 is 4.52 Å². The highest BCUT2D eigenvalue weighted by atomic mass is 31.2. The molecule has 2 aromatic rings. The zero-order chi connectivity index (χ0) is 17.0. The molecule has 120 valence electrons. The molecule has 1 atom stereocenters. The molecule has 23 heavy (non-hydrogen) atoms. The molecule has 0 radical (unpaired) electrons. The molecule has 4 heteroatoms. The summed E-state index contributed by atoms with van der Waals surface area (Å²) in [5, 5.41) is 0.409. The molecule has 3 nitrogen and oxygen atoms in total. The van der Waals surface area contributed by atoms with E-state index in [0.717, 1.165) is 16.7 Å². The molecule has 2 rings (SSSR count). The summed E-state index contributed by atoms with van der Waals surface area (Å²) >= 11 is 0. The number of rotatable bonds is 6. The van der Waals surface area contributed by atoms with Crippen LogP contribution in [-0.2, 0) is 9.09 Å². The Bertz CT molecular complexity index is 755. The van der Waals surface area contributed by atoms with Gasteiger partial charge in [0.2, 0.25) is 0 Å². The van der Waals surface area contributed by atoms with Gasteiger partial charge in [0, 0.05) is 10.9 Å². The molecule has 0 saturated carbocycles. The molecule has 0 aromatic heterocycles. The number of benzene rings is 2. The van der Waals surface area contributed by atoms with E-state index in [9.17, 15) is 9.36 Å². The molecule has 2 aromatic carbocycles. The van der Waals surface area contributed by atoms with E-state index in [-0.39, 0.29) is 6.61 Å². The lowest BCUT2D eigenvalue weighted by atomic mass is 10.0. The van der Waals surface area contributed by atoms with Crippen LogP contribution in [0.5, 0.6) is 0 Å². The highest BCUT2D eigenvalue weighted by Crippen LogP contribution is 2.50. The minimum Gasteiger partial charge on any atom is -0.316 e. The third-order valence-electron chi connectivity index (χ3n) is 3.63. The Balaban J connectivity index is 2.59. The summed E-state index contributed by atoms with van der Waals surface area (Å²) < 4.78 is 19.0. The van der Waals surface area contributed by atoms with E-state index in [0.29, 0.717) is 10.9 Å². The minimum absolute atomic E-state index is 0.0574. The number of carbonyl (C=O) groups excluding carboxylic acids is 1. The monoisotopic (exact) mass is 328 g/mol. The quantitative estimate of drug-likeness (QED) is 0.577. The normalized spacial score (nSPS) is 13.3. The van der Waals surface area contributed by atoms with Crippen molar-refractivity contribution in [2.75, 3.05) is 6.61 Å². The molecular formula is C19H21O3P. The van der Waals surface area contributed by atoms with Crippen molar-refractivity contribution in [3.63, 3.8) is 0 Å². The lowest BCUT2D eigenvalue weighted by Gasteiger charge is -2.19. The van der Waals surface area contributed by atoms with Gasteiger partial charge in [-0.1, -0.05) is 42.0 Å². The van der Waals surface area contributed by atoms with Gasteiger partial charge in [0.05, 0.1) is 6.61 Å². The van der Waals surface area contributed by atoms with Crippen LogP contribution in [0.25, 0.3) is 0 Å². The molecule has 0 aliphatic carbocycles. The lowest BCUT2D eigenvalue weighted by Crippen LogP contribution is -2.17. The Kier molecular flexibility index (Phi) is 5.35. The second kappa shape index (κ2) is 7.08. The number of carbonyl (C=O) groups is 1. The van der Waals surface area contributed by atoms with E-state index in [2.05, 4.69) is 6.58 Å². The highest BCUT2D eigenvalue weighted by Gasteiger charge is 2.37. The Morgan fingerprint density at radius 3 is 2.22 bits per heavy atom. The van der Waals surface area contributed by atoms with E-state index >= 15 is 0 Å². The van der Waals surface area contributed by atoms with Gasteiger partial charge in [-0.2, -0.15) is 0 Å². The summed E-state index contributed by atoms with van der Waals surface area (Å²) in [6.45, 7) is 9.32. The summed E-state index contributed by atoms with van der Waals surface area (Å²) in [4.78, 5) is 13.1. The van der Waals surface area contributed by atoms with Crippen molar-refractivity contribution < 1.29 is 13.9 Å². The van der Waals surface area contributed by atoms with Crippen LogP contribution in [0, 0.1) is 20.8 Å². The molecule has 0 N–H and O–H groups in total. The number of hydrogen-bond donors (Lipinski definition) is 0. The Morgan fingerprint density at radius 1 is 1.13 bits per heavy atom. The second-order valence-corrected chi connectivity index (χ2v) is 7.83. The average molecular weight is 328 g/mol. The first-order chi connectivity index (χ1) is 10.9. The SMILES string of the molecule is C=CCOP(=O)(C(=O)c1c(C)cc(C)cc1C)c1ccccc1. The second-order valence-electron chi connectivity index (χ2n) is 5.55. The molecule has 1 unspecified atom stereocenters. The van der Waals surface area contributed by atoms with E-state index in [1.165, 1.54) is 6.08 Å². The van der Waals surface area contributed by atoms with Gasteiger partial charge in [0.15, 0.2) is 0 Å². The first-order valence-electron chi connectivity index (χ1n) is 7.44. The van der Waals surface area contributed by atoms with E-state index in [1.54, 1.807) is 24.3 Å². The van der Waals surface area contributed by atoms with Crippen molar-refractivity contribution in [2.45, 2.75) is 20.8 Å². The van der Waals surface area contributed by atoms with Gasteiger partial charge in [0.25, 0.3) is 5.52 Å². The Labute approximate surface area is 137 Å². The van der Waals surface area contributed by atoms with Crippen LogP contribution in [0.1, 0.15) is 27.0 Å². The summed E-state index contributed by atoms with van der Waals surface area (Å²) in [7, 11) is -3.68. The van der Waals surface area contributed by atoms with Crippen LogP contribution < -0.4 is 5.30 Å². The van der Waals surface area contributed by atoms with E-state index < -0.39 is 12.9 Å². The highest BCUT2D eigenvalue weighted by molar-refractivity contribution is 7.83. The fourth-order valence-corrected chi connectivity index (χ4v) is 4.72. The predicted molar refractivity (Wildman–Crippen MR) is 94.8 cm³/mol. The largest absolute Gasteiger partial charge is 0.316 e. The fourth-order valence-electron chi connectivity index (χ4n) is 2.70. The summed E-state index contributed by atoms with van der Waals surface area (Å²) in [6, 6.07) is 12.5. The first kappa shape index (κ1) is 17.4. The predicted octanol–water partition coefficient (Wildman–Crippen LogP) is 4.56. The smallest absolute Gasteiger partial charge is 0.301 e. The van der Waals surface area contributed by atoms with Gasteiger partial charge in [-0.05, 0) is 44.0 Å². The molecular weight excluding hydrogens is 307 g/mol. The first-order valence-corrected chi connectivity index (χ1v) is 9.06. The standard InChI is InChI=1S/C19H21O3P/c1-5-11-22-23(21,17-9-7-6-8-10-17)19(20)18-15(3)12-14(2)13-16(18)4/h5-10,12-13H,1,11H2,2-4H3. The van der Waals surface area contributed by atoms with Crippen LogP contribution in [-0.4, -0.2) is 12.1 Å². The molecule has 0 bridgehead atoms. The molecule has 0 fully saturated rings. The molecule has 0 amide bonds. The Morgan fingerprint density at radius 2 is 1.70 bits per heavy atom. The van der Waals surface area contributed by atoms with Crippen molar-refractivity contribution >= 4 is 18.2 Å². The van der Waals surface area contributed by atoms with E-state index in [1.807, 2.05) is 39.0 Å². The maximum absolute atomic E-state index is 13.4. The molecule has 0 aliphatic rings.